The van der Waals surface area contributed by atoms with Crippen molar-refractivity contribution in [3.63, 3.8) is 0 Å². The summed E-state index contributed by atoms with van der Waals surface area (Å²) < 4.78 is 22.9. The third kappa shape index (κ3) is 3.62. The van der Waals surface area contributed by atoms with Crippen LogP contribution in [0.1, 0.15) is 25.7 Å². The highest BCUT2D eigenvalue weighted by molar-refractivity contribution is 7.91. The molecule has 0 aliphatic carbocycles. The first kappa shape index (κ1) is 15.1. The van der Waals surface area contributed by atoms with E-state index in [9.17, 15) is 18.0 Å². The molecule has 2 saturated heterocycles. The van der Waals surface area contributed by atoms with Gasteiger partial charge in [0, 0.05) is 19.6 Å². The summed E-state index contributed by atoms with van der Waals surface area (Å²) in [7, 11) is -1.45. The Kier molecular flexibility index (Phi) is 4.52. The molecule has 0 aromatic heterocycles. The van der Waals surface area contributed by atoms with Crippen molar-refractivity contribution in [3.8, 4) is 0 Å². The zero-order valence-electron chi connectivity index (χ0n) is 11.6. The lowest BCUT2D eigenvalue weighted by atomic mass is 10.1. The van der Waals surface area contributed by atoms with Gasteiger partial charge >= 0.3 is 6.03 Å². The van der Waals surface area contributed by atoms with Gasteiger partial charge in [0.1, 0.15) is 6.04 Å². The van der Waals surface area contributed by atoms with Crippen molar-refractivity contribution in [1.82, 2.24) is 15.5 Å². The molecule has 2 rings (SSSR count). The maximum absolute atomic E-state index is 12.1. The third-order valence-corrected chi connectivity index (χ3v) is 5.66. The third-order valence-electron chi connectivity index (χ3n) is 3.91. The van der Waals surface area contributed by atoms with Crippen LogP contribution in [-0.2, 0) is 14.6 Å². The van der Waals surface area contributed by atoms with Gasteiger partial charge in [-0.25, -0.2) is 13.2 Å². The smallest absolute Gasteiger partial charge is 0.318 e. The number of urea groups is 1. The molecule has 0 aromatic carbocycles. The van der Waals surface area contributed by atoms with Crippen LogP contribution in [0.15, 0.2) is 0 Å². The Morgan fingerprint density at radius 2 is 2.10 bits per heavy atom. The molecule has 2 N–H and O–H groups in total. The molecule has 20 heavy (non-hydrogen) atoms. The monoisotopic (exact) mass is 303 g/mol. The van der Waals surface area contributed by atoms with Crippen molar-refractivity contribution in [2.75, 3.05) is 25.1 Å². The zero-order chi connectivity index (χ0) is 14.8. The maximum Gasteiger partial charge on any atom is 0.318 e. The van der Waals surface area contributed by atoms with Crippen LogP contribution in [0.4, 0.5) is 4.79 Å². The van der Waals surface area contributed by atoms with Crippen LogP contribution in [0.2, 0.25) is 0 Å². The Morgan fingerprint density at radius 1 is 1.35 bits per heavy atom. The van der Waals surface area contributed by atoms with E-state index in [1.165, 1.54) is 4.90 Å². The Balaban J connectivity index is 1.92. The lowest BCUT2D eigenvalue weighted by Gasteiger charge is -2.26. The molecular weight excluding hydrogens is 282 g/mol. The molecule has 7 nitrogen and oxygen atoms in total. The predicted octanol–water partition coefficient (Wildman–Crippen LogP) is -0.516. The summed E-state index contributed by atoms with van der Waals surface area (Å²) >= 11 is 0. The van der Waals surface area contributed by atoms with Crippen molar-refractivity contribution >= 4 is 21.8 Å². The fourth-order valence-electron chi connectivity index (χ4n) is 2.57. The van der Waals surface area contributed by atoms with E-state index in [0.29, 0.717) is 19.4 Å². The number of rotatable bonds is 2. The highest BCUT2D eigenvalue weighted by Crippen LogP contribution is 2.17. The fraction of sp³-hybridized carbons (Fsp3) is 0.833. The van der Waals surface area contributed by atoms with Crippen molar-refractivity contribution in [2.24, 2.45) is 0 Å². The minimum absolute atomic E-state index is 0.00772. The average molecular weight is 303 g/mol. The second-order valence-corrected chi connectivity index (χ2v) is 7.69. The van der Waals surface area contributed by atoms with E-state index in [2.05, 4.69) is 10.6 Å². The molecule has 2 atom stereocenters. The Hall–Kier alpha value is -1.31. The minimum Gasteiger partial charge on any atom is -0.354 e. The summed E-state index contributed by atoms with van der Waals surface area (Å²) in [5, 5.41) is 5.45. The average Bonchev–Trinajstić information content (AvgIpc) is 2.63. The van der Waals surface area contributed by atoms with E-state index < -0.39 is 15.9 Å². The Morgan fingerprint density at radius 3 is 2.75 bits per heavy atom. The molecule has 0 aromatic rings. The van der Waals surface area contributed by atoms with Crippen LogP contribution in [0.5, 0.6) is 0 Å². The van der Waals surface area contributed by atoms with Gasteiger partial charge in [-0.15, -0.1) is 0 Å². The molecule has 114 valence electrons. The van der Waals surface area contributed by atoms with E-state index in [1.54, 1.807) is 7.05 Å². The number of hydrogen-bond donors (Lipinski definition) is 2. The predicted molar refractivity (Wildman–Crippen MR) is 74.0 cm³/mol. The first-order valence-electron chi connectivity index (χ1n) is 6.90. The van der Waals surface area contributed by atoms with Gasteiger partial charge in [-0.05, 0) is 25.7 Å². The Bertz CT molecular complexity index is 491. The fourth-order valence-corrected chi connectivity index (χ4v) is 4.35. The van der Waals surface area contributed by atoms with E-state index >= 15 is 0 Å². The summed E-state index contributed by atoms with van der Waals surface area (Å²) in [6, 6.07) is -1.20. The number of hydrogen-bond acceptors (Lipinski definition) is 4. The molecule has 0 radical (unpaired) electrons. The molecule has 2 aliphatic heterocycles. The molecule has 8 heteroatoms. The number of amides is 3. The second-order valence-electron chi connectivity index (χ2n) is 5.46. The van der Waals surface area contributed by atoms with E-state index in [4.69, 9.17) is 0 Å². The van der Waals surface area contributed by atoms with Gasteiger partial charge in [0.15, 0.2) is 9.84 Å². The normalized spacial score (nSPS) is 29.4. The summed E-state index contributed by atoms with van der Waals surface area (Å²) in [4.78, 5) is 25.3. The highest BCUT2D eigenvalue weighted by atomic mass is 32.2. The van der Waals surface area contributed by atoms with Crippen LogP contribution in [-0.4, -0.2) is 62.4 Å². The summed E-state index contributed by atoms with van der Waals surface area (Å²) in [5.41, 5.74) is 0. The summed E-state index contributed by atoms with van der Waals surface area (Å²) in [6.07, 6.45) is 2.87. The molecule has 2 aliphatic rings. The second kappa shape index (κ2) is 5.99. The largest absolute Gasteiger partial charge is 0.354 e. The van der Waals surface area contributed by atoms with Crippen molar-refractivity contribution in [2.45, 2.75) is 37.8 Å². The molecule has 0 spiro atoms. The van der Waals surface area contributed by atoms with Crippen molar-refractivity contribution < 1.29 is 18.0 Å². The maximum atomic E-state index is 12.1. The van der Waals surface area contributed by atoms with Crippen molar-refractivity contribution in [1.29, 1.82) is 0 Å². The van der Waals surface area contributed by atoms with Crippen molar-refractivity contribution in [3.05, 3.63) is 0 Å². The zero-order valence-corrected chi connectivity index (χ0v) is 12.4. The van der Waals surface area contributed by atoms with Gasteiger partial charge in [0.2, 0.25) is 5.91 Å². The number of carbonyl (C=O) groups is 2. The SMILES string of the molecule is CN(C(=O)N[C@@H]1CCCCNC1=O)[C@H]1CCS(=O)(=O)C1. The summed E-state index contributed by atoms with van der Waals surface area (Å²) in [6.45, 7) is 0.641. The number of carbonyl (C=O) groups excluding carboxylic acids is 2. The van der Waals surface area contributed by atoms with Crippen LogP contribution >= 0.6 is 0 Å². The molecule has 0 bridgehead atoms. The minimum atomic E-state index is -3.02. The molecule has 2 fully saturated rings. The van der Waals surface area contributed by atoms with E-state index in [0.717, 1.165) is 12.8 Å². The van der Waals surface area contributed by atoms with Gasteiger partial charge in [-0.3, -0.25) is 4.79 Å². The number of sulfone groups is 1. The molecule has 0 saturated carbocycles. The van der Waals surface area contributed by atoms with Gasteiger partial charge in [0.25, 0.3) is 0 Å². The van der Waals surface area contributed by atoms with Crippen LogP contribution < -0.4 is 10.6 Å². The van der Waals surface area contributed by atoms with E-state index in [-0.39, 0.29) is 29.5 Å². The first-order chi connectivity index (χ1) is 9.39. The summed E-state index contributed by atoms with van der Waals surface area (Å²) in [5.74, 6) is -0.0317. The van der Waals surface area contributed by atoms with Gasteiger partial charge in [0.05, 0.1) is 11.5 Å². The van der Waals surface area contributed by atoms with Crippen LogP contribution in [0.3, 0.4) is 0 Å². The molecule has 0 unspecified atom stereocenters. The Labute approximate surface area is 119 Å². The molecule has 3 amide bonds. The molecular formula is C12H21N3O4S. The van der Waals surface area contributed by atoms with Crippen LogP contribution in [0, 0.1) is 0 Å². The standard InChI is InChI=1S/C12H21N3O4S/c1-15(9-5-7-20(18,19)8-9)12(17)14-10-4-2-3-6-13-11(10)16/h9-10H,2-8H2,1H3,(H,13,16)(H,14,17)/t9-,10+/m0/s1. The highest BCUT2D eigenvalue weighted by Gasteiger charge is 2.34. The lowest BCUT2D eigenvalue weighted by molar-refractivity contribution is -0.122. The first-order valence-corrected chi connectivity index (χ1v) is 8.72. The van der Waals surface area contributed by atoms with E-state index in [1.807, 2.05) is 0 Å². The van der Waals surface area contributed by atoms with Crippen LogP contribution in [0.25, 0.3) is 0 Å². The molecule has 2 heterocycles. The number of nitrogens with one attached hydrogen (secondary N) is 2. The van der Waals surface area contributed by atoms with Gasteiger partial charge < -0.3 is 15.5 Å². The van der Waals surface area contributed by atoms with Gasteiger partial charge in [-0.1, -0.05) is 0 Å². The lowest BCUT2D eigenvalue weighted by Crippen LogP contribution is -2.52. The van der Waals surface area contributed by atoms with Gasteiger partial charge in [-0.2, -0.15) is 0 Å². The number of nitrogens with zero attached hydrogens (tertiary/aromatic N) is 1. The quantitative estimate of drug-likeness (QED) is 0.718. The topological polar surface area (TPSA) is 95.6 Å².